The number of terminal acetylenes is 1. The summed E-state index contributed by atoms with van der Waals surface area (Å²) < 4.78 is 39.9. The number of likely N-dealkylation sites (tertiary alicyclic amines) is 1. The highest BCUT2D eigenvalue weighted by molar-refractivity contribution is 7.99. The molecular weight excluding hydrogens is 409 g/mol. The Morgan fingerprint density at radius 3 is 2.43 bits per heavy atom. The lowest BCUT2D eigenvalue weighted by molar-refractivity contribution is -0.137. The highest BCUT2D eigenvalue weighted by Gasteiger charge is 2.33. The Morgan fingerprint density at radius 2 is 1.73 bits per heavy atom. The Morgan fingerprint density at radius 1 is 1.03 bits per heavy atom. The van der Waals surface area contributed by atoms with Crippen LogP contribution in [0, 0.1) is 12.3 Å². The van der Waals surface area contributed by atoms with Crippen molar-refractivity contribution in [2.45, 2.75) is 40.8 Å². The van der Waals surface area contributed by atoms with Crippen molar-refractivity contribution in [3.63, 3.8) is 0 Å². The molecule has 0 saturated carbocycles. The van der Waals surface area contributed by atoms with Gasteiger partial charge in [0.2, 0.25) is 0 Å². The fourth-order valence-corrected chi connectivity index (χ4v) is 5.07. The van der Waals surface area contributed by atoms with Crippen LogP contribution in [0.25, 0.3) is 0 Å². The second-order valence-corrected chi connectivity index (χ2v) is 8.86. The van der Waals surface area contributed by atoms with Gasteiger partial charge in [-0.15, -0.1) is 6.42 Å². The molecule has 0 radical (unpaired) electrons. The molecule has 0 bridgehead atoms. The van der Waals surface area contributed by atoms with Crippen molar-refractivity contribution in [2.24, 2.45) is 0 Å². The smallest absolute Gasteiger partial charge is 0.378 e. The summed E-state index contributed by atoms with van der Waals surface area (Å²) in [7, 11) is 0. The number of hydrogen-bond acceptors (Lipinski definition) is 4. The fourth-order valence-electron chi connectivity index (χ4n) is 3.99. The molecule has 2 aromatic rings. The van der Waals surface area contributed by atoms with Crippen LogP contribution in [0.4, 0.5) is 24.5 Å². The van der Waals surface area contributed by atoms with E-state index in [0.29, 0.717) is 25.1 Å². The number of benzene rings is 2. The van der Waals surface area contributed by atoms with Gasteiger partial charge in [-0.1, -0.05) is 29.8 Å². The monoisotopic (exact) mass is 432 g/mol. The van der Waals surface area contributed by atoms with Gasteiger partial charge in [-0.05, 0) is 43.3 Å². The van der Waals surface area contributed by atoms with E-state index in [1.807, 2.05) is 29.2 Å². The summed E-state index contributed by atoms with van der Waals surface area (Å²) in [4.78, 5) is 6.13. The van der Waals surface area contributed by atoms with Gasteiger partial charge in [0.05, 0.1) is 16.9 Å². The van der Waals surface area contributed by atoms with Crippen molar-refractivity contribution in [3.05, 3.63) is 48.0 Å². The van der Waals surface area contributed by atoms with E-state index in [9.17, 15) is 18.3 Å². The molecule has 2 aliphatic heterocycles. The normalized spacial score (nSPS) is 18.4. The van der Waals surface area contributed by atoms with Crippen LogP contribution in [-0.2, 0) is 6.18 Å². The van der Waals surface area contributed by atoms with Crippen molar-refractivity contribution in [2.75, 3.05) is 31.1 Å². The van der Waals surface area contributed by atoms with Crippen molar-refractivity contribution in [1.29, 1.82) is 0 Å². The molecule has 2 heterocycles. The number of piperidine rings is 1. The SMILES string of the molecule is C#CC1(O)CCN(CCCN2c3ccccc3Sc3ccc(C(F)(F)F)cc32)CC1. The van der Waals surface area contributed by atoms with Gasteiger partial charge in [0.25, 0.3) is 0 Å². The average molecular weight is 433 g/mol. The molecule has 0 aromatic heterocycles. The Bertz CT molecular complexity index is 962. The molecule has 7 heteroatoms. The largest absolute Gasteiger partial charge is 0.416 e. The maximum atomic E-state index is 13.3. The minimum absolute atomic E-state index is 0.546. The van der Waals surface area contributed by atoms with Gasteiger partial charge in [-0.3, -0.25) is 0 Å². The van der Waals surface area contributed by atoms with Crippen LogP contribution in [0.2, 0.25) is 0 Å². The first kappa shape index (κ1) is 21.1. The third-order valence-electron chi connectivity index (χ3n) is 5.76. The van der Waals surface area contributed by atoms with Gasteiger partial charge in [-0.25, -0.2) is 0 Å². The van der Waals surface area contributed by atoms with Crippen LogP contribution in [-0.4, -0.2) is 41.8 Å². The third kappa shape index (κ3) is 4.31. The molecule has 30 heavy (non-hydrogen) atoms. The Balaban J connectivity index is 1.51. The first-order valence-electron chi connectivity index (χ1n) is 9.97. The van der Waals surface area contributed by atoms with Crippen molar-refractivity contribution < 1.29 is 18.3 Å². The minimum Gasteiger partial charge on any atom is -0.378 e. The zero-order valence-electron chi connectivity index (χ0n) is 16.5. The number of fused-ring (bicyclic) bond motifs is 2. The van der Waals surface area contributed by atoms with Crippen molar-refractivity contribution in [3.8, 4) is 12.3 Å². The summed E-state index contributed by atoms with van der Waals surface area (Å²) >= 11 is 1.50. The molecule has 1 N–H and O–H groups in total. The number of nitrogens with zero attached hydrogens (tertiary/aromatic N) is 2. The fraction of sp³-hybridized carbons (Fsp3) is 0.391. The summed E-state index contributed by atoms with van der Waals surface area (Å²) in [5, 5.41) is 10.2. The molecule has 4 rings (SSSR count). The Hall–Kier alpha value is -2.14. The van der Waals surface area contributed by atoms with E-state index in [2.05, 4.69) is 10.8 Å². The highest BCUT2D eigenvalue weighted by Crippen LogP contribution is 2.49. The van der Waals surface area contributed by atoms with Gasteiger partial charge >= 0.3 is 6.18 Å². The second kappa shape index (κ2) is 8.18. The predicted octanol–water partition coefficient (Wildman–Crippen LogP) is 5.16. The van der Waals surface area contributed by atoms with E-state index in [4.69, 9.17) is 6.42 Å². The van der Waals surface area contributed by atoms with E-state index in [1.165, 1.54) is 17.8 Å². The molecule has 158 valence electrons. The number of halogens is 3. The lowest BCUT2D eigenvalue weighted by Gasteiger charge is -2.36. The topological polar surface area (TPSA) is 26.7 Å². The second-order valence-electron chi connectivity index (χ2n) is 7.77. The first-order valence-corrected chi connectivity index (χ1v) is 10.8. The molecule has 0 spiro atoms. The van der Waals surface area contributed by atoms with Crippen LogP contribution in [0.1, 0.15) is 24.8 Å². The zero-order chi connectivity index (χ0) is 21.4. The number of para-hydroxylation sites is 1. The van der Waals surface area contributed by atoms with E-state index in [1.54, 1.807) is 6.07 Å². The summed E-state index contributed by atoms with van der Waals surface area (Å²) in [6.45, 7) is 2.87. The molecule has 1 fully saturated rings. The number of alkyl halides is 3. The highest BCUT2D eigenvalue weighted by atomic mass is 32.2. The van der Waals surface area contributed by atoms with Crippen molar-refractivity contribution >= 4 is 23.1 Å². The van der Waals surface area contributed by atoms with E-state index in [0.717, 1.165) is 47.6 Å². The van der Waals surface area contributed by atoms with Gasteiger partial charge < -0.3 is 14.9 Å². The standard InChI is InChI=1S/C23H23F3N2OS/c1-2-22(29)10-14-27(15-11-22)12-5-13-28-18-6-3-4-7-20(18)30-21-9-8-17(16-19(21)28)23(24,25)26/h1,3-4,6-9,16,29H,5,10-15H2. The van der Waals surface area contributed by atoms with E-state index < -0.39 is 17.3 Å². The van der Waals surface area contributed by atoms with Crippen LogP contribution in [0.15, 0.2) is 52.3 Å². The average Bonchev–Trinajstić information content (AvgIpc) is 2.73. The first-order chi connectivity index (χ1) is 14.3. The van der Waals surface area contributed by atoms with E-state index in [-0.39, 0.29) is 0 Å². The predicted molar refractivity (Wildman–Crippen MR) is 113 cm³/mol. The summed E-state index contributed by atoms with van der Waals surface area (Å²) in [6.07, 6.45) is 2.92. The number of aliphatic hydroxyl groups is 1. The quantitative estimate of drug-likeness (QED) is 0.676. The lowest BCUT2D eigenvalue weighted by Crippen LogP contribution is -2.44. The molecular formula is C23H23F3N2OS. The molecule has 1 saturated heterocycles. The van der Waals surface area contributed by atoms with Crippen LogP contribution in [0.5, 0.6) is 0 Å². The van der Waals surface area contributed by atoms with Crippen molar-refractivity contribution in [1.82, 2.24) is 4.90 Å². The Kier molecular flexibility index (Phi) is 5.75. The van der Waals surface area contributed by atoms with Gasteiger partial charge in [0.15, 0.2) is 0 Å². The molecule has 0 aliphatic carbocycles. The molecule has 3 nitrogen and oxygen atoms in total. The Labute approximate surface area is 178 Å². The maximum Gasteiger partial charge on any atom is 0.416 e. The van der Waals surface area contributed by atoms with Crippen LogP contribution in [0.3, 0.4) is 0 Å². The van der Waals surface area contributed by atoms with Gasteiger partial charge in [0.1, 0.15) is 5.60 Å². The zero-order valence-corrected chi connectivity index (χ0v) is 17.3. The molecule has 0 amide bonds. The number of rotatable bonds is 4. The maximum absolute atomic E-state index is 13.3. The van der Waals surface area contributed by atoms with Crippen LogP contribution >= 0.6 is 11.8 Å². The summed E-state index contributed by atoms with van der Waals surface area (Å²) in [5.41, 5.74) is -0.0914. The number of hydrogen-bond donors (Lipinski definition) is 1. The number of anilines is 2. The lowest BCUT2D eigenvalue weighted by atomic mass is 9.92. The molecule has 2 aliphatic rings. The van der Waals surface area contributed by atoms with E-state index >= 15 is 0 Å². The molecule has 0 unspecified atom stereocenters. The summed E-state index contributed by atoms with van der Waals surface area (Å²) in [5.74, 6) is 2.47. The van der Waals surface area contributed by atoms with Gasteiger partial charge in [-0.2, -0.15) is 13.2 Å². The minimum atomic E-state index is -4.37. The molecule has 0 atom stereocenters. The van der Waals surface area contributed by atoms with Gasteiger partial charge in [0, 0.05) is 42.3 Å². The van der Waals surface area contributed by atoms with Crippen LogP contribution < -0.4 is 4.90 Å². The third-order valence-corrected chi connectivity index (χ3v) is 6.89. The molecule has 2 aromatic carbocycles. The summed E-state index contributed by atoms with van der Waals surface area (Å²) in [6, 6.07) is 11.8.